The fourth-order valence-electron chi connectivity index (χ4n) is 1.60. The van der Waals surface area contributed by atoms with Crippen molar-refractivity contribution in [2.75, 3.05) is 17.7 Å². The van der Waals surface area contributed by atoms with Gasteiger partial charge in [-0.2, -0.15) is 0 Å². The second-order valence-electron chi connectivity index (χ2n) is 4.38. The second-order valence-corrected chi connectivity index (χ2v) is 6.40. The molecule has 0 spiro atoms. The average Bonchev–Trinajstić information content (AvgIpc) is 2.24. The van der Waals surface area contributed by atoms with Crippen molar-refractivity contribution in [3.05, 3.63) is 24.3 Å². The van der Waals surface area contributed by atoms with E-state index in [4.69, 9.17) is 5.11 Å². The van der Waals surface area contributed by atoms with E-state index in [-0.39, 0.29) is 17.5 Å². The van der Waals surface area contributed by atoms with E-state index in [1.807, 2.05) is 13.8 Å². The molecule has 0 atom stereocenters. The molecule has 0 bridgehead atoms. The zero-order valence-corrected chi connectivity index (χ0v) is 11.4. The van der Waals surface area contributed by atoms with Gasteiger partial charge in [0, 0.05) is 18.0 Å². The molecule has 100 valence electrons. The summed E-state index contributed by atoms with van der Waals surface area (Å²) in [6.45, 7) is 3.65. The first-order valence-electron chi connectivity index (χ1n) is 5.50. The third-order valence-corrected chi connectivity index (χ3v) is 3.65. The van der Waals surface area contributed by atoms with Crippen LogP contribution in [0, 0.1) is 0 Å². The van der Waals surface area contributed by atoms with Crippen LogP contribution in [0.25, 0.3) is 0 Å². The van der Waals surface area contributed by atoms with E-state index in [1.165, 1.54) is 12.1 Å². The number of sulfone groups is 1. The summed E-state index contributed by atoms with van der Waals surface area (Å²) in [5, 5.41) is 8.84. The van der Waals surface area contributed by atoms with Crippen molar-refractivity contribution in [1.82, 2.24) is 0 Å². The van der Waals surface area contributed by atoms with Crippen LogP contribution >= 0.6 is 0 Å². The van der Waals surface area contributed by atoms with Crippen molar-refractivity contribution in [3.63, 3.8) is 0 Å². The highest BCUT2D eigenvalue weighted by molar-refractivity contribution is 7.90. The van der Waals surface area contributed by atoms with Gasteiger partial charge in [-0.3, -0.25) is 4.79 Å². The summed E-state index contributed by atoms with van der Waals surface area (Å²) in [4.78, 5) is 12.7. The molecule has 0 saturated heterocycles. The predicted octanol–water partition coefficient (Wildman–Crippen LogP) is 1.39. The zero-order chi connectivity index (χ0) is 13.9. The molecule has 6 heteroatoms. The Bertz CT molecular complexity index is 520. The van der Waals surface area contributed by atoms with Crippen LogP contribution in [0.4, 0.5) is 5.69 Å². The fraction of sp³-hybridized carbons (Fsp3) is 0.417. The van der Waals surface area contributed by atoms with Gasteiger partial charge in [-0.25, -0.2) is 8.42 Å². The van der Waals surface area contributed by atoms with Crippen LogP contribution in [0.3, 0.4) is 0 Å². The first-order valence-corrected chi connectivity index (χ1v) is 7.39. The molecule has 0 radical (unpaired) electrons. The normalized spacial score (nSPS) is 11.6. The van der Waals surface area contributed by atoms with Crippen molar-refractivity contribution in [2.24, 2.45) is 0 Å². The summed E-state index contributed by atoms with van der Waals surface area (Å²) in [6, 6.07) is 6.24. The zero-order valence-electron chi connectivity index (χ0n) is 10.6. The van der Waals surface area contributed by atoms with Gasteiger partial charge in [-0.05, 0) is 38.1 Å². The number of carboxylic acids is 1. The van der Waals surface area contributed by atoms with E-state index >= 15 is 0 Å². The molecular formula is C12H17NO4S. The number of benzene rings is 1. The van der Waals surface area contributed by atoms with Gasteiger partial charge >= 0.3 is 5.97 Å². The summed E-state index contributed by atoms with van der Waals surface area (Å²) in [7, 11) is -3.22. The van der Waals surface area contributed by atoms with Gasteiger partial charge in [0.25, 0.3) is 0 Å². The Morgan fingerprint density at radius 2 is 1.78 bits per heavy atom. The molecule has 0 aliphatic heterocycles. The molecule has 0 amide bonds. The van der Waals surface area contributed by atoms with Gasteiger partial charge in [0.2, 0.25) is 0 Å². The molecule has 18 heavy (non-hydrogen) atoms. The quantitative estimate of drug-likeness (QED) is 0.876. The highest BCUT2D eigenvalue weighted by Gasteiger charge is 2.15. The van der Waals surface area contributed by atoms with Crippen LogP contribution < -0.4 is 4.90 Å². The van der Waals surface area contributed by atoms with Gasteiger partial charge < -0.3 is 10.0 Å². The minimum absolute atomic E-state index is 0.0187. The Labute approximate surface area is 107 Å². The van der Waals surface area contributed by atoms with Crippen molar-refractivity contribution in [3.8, 4) is 0 Å². The number of anilines is 1. The van der Waals surface area contributed by atoms with Crippen molar-refractivity contribution < 1.29 is 18.3 Å². The largest absolute Gasteiger partial charge is 0.480 e. The topological polar surface area (TPSA) is 74.7 Å². The molecule has 0 unspecified atom stereocenters. The van der Waals surface area contributed by atoms with Crippen molar-refractivity contribution in [1.29, 1.82) is 0 Å². The molecular weight excluding hydrogens is 254 g/mol. The third kappa shape index (κ3) is 3.73. The van der Waals surface area contributed by atoms with Crippen molar-refractivity contribution >= 4 is 21.5 Å². The van der Waals surface area contributed by atoms with Crippen LogP contribution in [0.1, 0.15) is 13.8 Å². The molecule has 0 aromatic heterocycles. The van der Waals surface area contributed by atoms with Crippen LogP contribution in [0.2, 0.25) is 0 Å². The molecule has 0 saturated carbocycles. The SMILES string of the molecule is CC(C)N(CC(=O)O)c1ccc(S(C)(=O)=O)cc1. The van der Waals surface area contributed by atoms with Gasteiger partial charge in [0.15, 0.2) is 9.84 Å². The summed E-state index contributed by atoms with van der Waals surface area (Å²) < 4.78 is 22.6. The number of carboxylic acid groups (broad SMARTS) is 1. The maximum absolute atomic E-state index is 11.3. The fourth-order valence-corrected chi connectivity index (χ4v) is 2.23. The van der Waals surface area contributed by atoms with Crippen LogP contribution in [0.5, 0.6) is 0 Å². The molecule has 1 N–H and O–H groups in total. The summed E-state index contributed by atoms with van der Waals surface area (Å²) in [5.74, 6) is -0.920. The molecule has 0 aliphatic carbocycles. The number of nitrogens with zero attached hydrogens (tertiary/aromatic N) is 1. The summed E-state index contributed by atoms with van der Waals surface area (Å²) in [6.07, 6.45) is 1.14. The number of carbonyl (C=O) groups is 1. The Morgan fingerprint density at radius 1 is 1.28 bits per heavy atom. The van der Waals surface area contributed by atoms with E-state index in [0.717, 1.165) is 6.26 Å². The van der Waals surface area contributed by atoms with E-state index in [0.29, 0.717) is 5.69 Å². The lowest BCUT2D eigenvalue weighted by Gasteiger charge is -2.27. The van der Waals surface area contributed by atoms with E-state index < -0.39 is 15.8 Å². The molecule has 0 aliphatic rings. The lowest BCUT2D eigenvalue weighted by molar-refractivity contribution is -0.135. The number of aliphatic carboxylic acids is 1. The molecule has 1 rings (SSSR count). The van der Waals surface area contributed by atoms with Gasteiger partial charge in [0.1, 0.15) is 6.54 Å². The van der Waals surface area contributed by atoms with Gasteiger partial charge in [-0.1, -0.05) is 0 Å². The second kappa shape index (κ2) is 5.39. The lowest BCUT2D eigenvalue weighted by atomic mass is 10.2. The Morgan fingerprint density at radius 3 is 2.11 bits per heavy atom. The van der Waals surface area contributed by atoms with Crippen LogP contribution in [-0.4, -0.2) is 38.3 Å². The highest BCUT2D eigenvalue weighted by Crippen LogP contribution is 2.19. The van der Waals surface area contributed by atoms with Crippen LogP contribution in [-0.2, 0) is 14.6 Å². The Hall–Kier alpha value is -1.56. The predicted molar refractivity (Wildman–Crippen MR) is 69.7 cm³/mol. The van der Waals surface area contributed by atoms with Gasteiger partial charge in [0.05, 0.1) is 4.90 Å². The lowest BCUT2D eigenvalue weighted by Crippen LogP contribution is -2.35. The van der Waals surface area contributed by atoms with E-state index in [1.54, 1.807) is 17.0 Å². The van der Waals surface area contributed by atoms with Crippen LogP contribution in [0.15, 0.2) is 29.2 Å². The Balaban J connectivity index is 3.05. The minimum atomic E-state index is -3.22. The standard InChI is InChI=1S/C12H17NO4S/c1-9(2)13(8-12(14)15)10-4-6-11(7-5-10)18(3,16)17/h4-7,9H,8H2,1-3H3,(H,14,15). The number of rotatable bonds is 5. The third-order valence-electron chi connectivity index (χ3n) is 2.53. The first kappa shape index (κ1) is 14.5. The summed E-state index contributed by atoms with van der Waals surface area (Å²) >= 11 is 0. The molecule has 0 fully saturated rings. The minimum Gasteiger partial charge on any atom is -0.480 e. The smallest absolute Gasteiger partial charge is 0.323 e. The van der Waals surface area contributed by atoms with E-state index in [9.17, 15) is 13.2 Å². The molecule has 0 heterocycles. The Kier molecular flexibility index (Phi) is 4.34. The summed E-state index contributed by atoms with van der Waals surface area (Å²) in [5.41, 5.74) is 0.694. The van der Waals surface area contributed by atoms with Gasteiger partial charge in [-0.15, -0.1) is 0 Å². The maximum Gasteiger partial charge on any atom is 0.323 e. The maximum atomic E-state index is 11.3. The average molecular weight is 271 g/mol. The molecule has 1 aromatic rings. The molecule has 5 nitrogen and oxygen atoms in total. The number of hydrogen-bond acceptors (Lipinski definition) is 4. The highest BCUT2D eigenvalue weighted by atomic mass is 32.2. The molecule has 1 aromatic carbocycles. The van der Waals surface area contributed by atoms with Crippen molar-refractivity contribution in [2.45, 2.75) is 24.8 Å². The number of hydrogen-bond donors (Lipinski definition) is 1. The van der Waals surface area contributed by atoms with E-state index in [2.05, 4.69) is 0 Å². The first-order chi connectivity index (χ1) is 8.21. The monoisotopic (exact) mass is 271 g/mol.